The predicted molar refractivity (Wildman–Crippen MR) is 156 cm³/mol. The molecule has 4 nitrogen and oxygen atoms in total. The maximum Gasteiger partial charge on any atom is 0.309 e. The third-order valence-electron chi connectivity index (χ3n) is 14.3. The number of hydrogen-bond acceptors (Lipinski definition) is 3. The van der Waals surface area contributed by atoms with Gasteiger partial charge in [0.1, 0.15) is 6.10 Å². The molecule has 0 aliphatic heterocycles. The lowest BCUT2D eigenvalue weighted by atomic mass is 9.33. The second-order valence-corrected chi connectivity index (χ2v) is 16.8. The highest BCUT2D eigenvalue weighted by Crippen LogP contribution is 2.76. The number of hydrogen-bond donors (Lipinski definition) is 1. The van der Waals surface area contributed by atoms with E-state index in [2.05, 4.69) is 48.1 Å². The monoisotopic (exact) mass is 540 g/mol. The Kier molecular flexibility index (Phi) is 6.99. The number of aliphatic carboxylic acids is 1. The number of esters is 1. The Morgan fingerprint density at radius 3 is 2.18 bits per heavy atom. The lowest BCUT2D eigenvalue weighted by molar-refractivity contribution is -0.244. The zero-order valence-corrected chi connectivity index (χ0v) is 26.2. The molecule has 0 heterocycles. The molecule has 0 amide bonds. The summed E-state index contributed by atoms with van der Waals surface area (Å²) in [5.74, 6) is 3.19. The van der Waals surface area contributed by atoms with Crippen LogP contribution in [0.25, 0.3) is 0 Å². The van der Waals surface area contributed by atoms with E-state index in [4.69, 9.17) is 4.74 Å². The Morgan fingerprint density at radius 1 is 0.872 bits per heavy atom. The summed E-state index contributed by atoms with van der Waals surface area (Å²) in [6, 6.07) is 0. The van der Waals surface area contributed by atoms with Crippen LogP contribution in [0.3, 0.4) is 0 Å². The fourth-order valence-corrected chi connectivity index (χ4v) is 12.0. The first-order chi connectivity index (χ1) is 18.0. The molecular formula is C35H56O4. The van der Waals surface area contributed by atoms with Crippen LogP contribution in [0.1, 0.15) is 126 Å². The average Bonchev–Trinajstić information content (AvgIpc) is 3.25. The Balaban J connectivity index is 1.38. The first kappa shape index (κ1) is 29.2. The molecule has 0 spiro atoms. The van der Waals surface area contributed by atoms with E-state index < -0.39 is 11.4 Å². The van der Waals surface area contributed by atoms with Crippen LogP contribution < -0.4 is 0 Å². The number of rotatable bonds is 5. The summed E-state index contributed by atoms with van der Waals surface area (Å²) < 4.78 is 6.12. The largest absolute Gasteiger partial charge is 0.481 e. The van der Waals surface area contributed by atoms with Crippen LogP contribution in [0, 0.1) is 62.6 Å². The maximum absolute atomic E-state index is 12.9. The Morgan fingerprint density at radius 2 is 1.54 bits per heavy atom. The highest BCUT2D eigenvalue weighted by atomic mass is 16.5. The van der Waals surface area contributed by atoms with Crippen molar-refractivity contribution in [3.05, 3.63) is 12.2 Å². The molecule has 4 heteroatoms. The molecule has 1 N–H and O–H groups in total. The standard InChI is InChI=1S/C35H56O4/c1-21(2)23-11-10-22-14-18-34(8)24(29(22)23)12-13-26-33(7)17-16-27(39-28(36)20-31(3,4)30(37)38)32(5,6)25(33)15-19-35(26,34)9/h22-27,29H,1,10-20H2,2-9H3,(H,37,38)/t22?,23?,24?,25?,26?,27-,29?,33?,34+,35?/m0/s1. The van der Waals surface area contributed by atoms with E-state index in [0.717, 1.165) is 36.5 Å². The van der Waals surface area contributed by atoms with Crippen molar-refractivity contribution in [2.75, 3.05) is 0 Å². The van der Waals surface area contributed by atoms with Crippen molar-refractivity contribution in [1.29, 1.82) is 0 Å². The van der Waals surface area contributed by atoms with Gasteiger partial charge in [-0.2, -0.15) is 0 Å². The third kappa shape index (κ3) is 4.18. The quantitative estimate of drug-likeness (QED) is 0.280. The molecule has 0 radical (unpaired) electrons. The highest BCUT2D eigenvalue weighted by molar-refractivity contribution is 5.81. The van der Waals surface area contributed by atoms with Crippen molar-refractivity contribution in [2.45, 2.75) is 132 Å². The normalized spacial score (nSPS) is 46.7. The van der Waals surface area contributed by atoms with Gasteiger partial charge in [0.15, 0.2) is 0 Å². The number of allylic oxidation sites excluding steroid dienone is 1. The molecule has 10 atom stereocenters. The minimum atomic E-state index is -1.10. The fourth-order valence-electron chi connectivity index (χ4n) is 12.0. The molecule has 5 fully saturated rings. The number of carbonyl (C=O) groups excluding carboxylic acids is 1. The lowest BCUT2D eigenvalue weighted by Crippen LogP contribution is -2.66. The van der Waals surface area contributed by atoms with E-state index in [-0.39, 0.29) is 29.3 Å². The summed E-state index contributed by atoms with van der Waals surface area (Å²) >= 11 is 0. The molecule has 0 aromatic heterocycles. The summed E-state index contributed by atoms with van der Waals surface area (Å²) in [5, 5.41) is 9.50. The van der Waals surface area contributed by atoms with Crippen LogP contribution in [-0.4, -0.2) is 23.1 Å². The number of carbonyl (C=O) groups is 2. The van der Waals surface area contributed by atoms with Crippen LogP contribution in [0.5, 0.6) is 0 Å². The molecule has 0 aromatic carbocycles. The van der Waals surface area contributed by atoms with Gasteiger partial charge < -0.3 is 9.84 Å². The SMILES string of the molecule is C=C(C)C1CCC2CC[C@]3(C)C(CCC4C5(C)CC[C@H](OC(=O)CC(C)(C)C(=O)O)C(C)(C)C5CCC43C)C21. The second-order valence-electron chi connectivity index (χ2n) is 16.8. The number of ether oxygens (including phenoxy) is 1. The van der Waals surface area contributed by atoms with Gasteiger partial charge in [0.2, 0.25) is 0 Å². The topological polar surface area (TPSA) is 63.6 Å². The van der Waals surface area contributed by atoms with Crippen molar-refractivity contribution in [3.8, 4) is 0 Å². The third-order valence-corrected chi connectivity index (χ3v) is 14.3. The summed E-state index contributed by atoms with van der Waals surface area (Å²) in [6.45, 7) is 22.6. The van der Waals surface area contributed by atoms with E-state index in [9.17, 15) is 14.7 Å². The van der Waals surface area contributed by atoms with E-state index in [1.165, 1.54) is 56.9 Å². The van der Waals surface area contributed by atoms with Crippen LogP contribution >= 0.6 is 0 Å². The number of carboxylic acid groups (broad SMARTS) is 1. The second kappa shape index (κ2) is 9.35. The Labute approximate surface area is 238 Å². The zero-order chi connectivity index (χ0) is 28.8. The van der Waals surface area contributed by atoms with Crippen molar-refractivity contribution >= 4 is 11.9 Å². The first-order valence-corrected chi connectivity index (χ1v) is 16.1. The predicted octanol–water partition coefficient (Wildman–Crippen LogP) is 8.69. The lowest BCUT2D eigenvalue weighted by Gasteiger charge is -2.72. The van der Waals surface area contributed by atoms with Gasteiger partial charge in [-0.1, -0.05) is 46.8 Å². The zero-order valence-electron chi connectivity index (χ0n) is 26.2. The smallest absolute Gasteiger partial charge is 0.309 e. The minimum Gasteiger partial charge on any atom is -0.481 e. The van der Waals surface area contributed by atoms with Crippen LogP contribution in [0.4, 0.5) is 0 Å². The Hall–Kier alpha value is -1.32. The molecule has 5 aliphatic carbocycles. The van der Waals surface area contributed by atoms with Crippen molar-refractivity contribution in [3.63, 3.8) is 0 Å². The molecule has 0 bridgehead atoms. The summed E-state index contributed by atoms with van der Waals surface area (Å²) in [5.41, 5.74) is 1.18. The molecule has 0 aromatic rings. The van der Waals surface area contributed by atoms with Crippen molar-refractivity contribution in [2.24, 2.45) is 62.6 Å². The summed E-state index contributed by atoms with van der Waals surface area (Å²) in [6.07, 6.45) is 12.5. The van der Waals surface area contributed by atoms with Gasteiger partial charge in [-0.15, -0.1) is 0 Å². The van der Waals surface area contributed by atoms with Crippen molar-refractivity contribution < 1.29 is 19.4 Å². The molecule has 39 heavy (non-hydrogen) atoms. The van der Waals surface area contributed by atoms with E-state index >= 15 is 0 Å². The maximum atomic E-state index is 12.9. The Bertz CT molecular complexity index is 1030. The van der Waals surface area contributed by atoms with Gasteiger partial charge >= 0.3 is 11.9 Å². The van der Waals surface area contributed by atoms with Crippen LogP contribution in [0.2, 0.25) is 0 Å². The molecule has 8 unspecified atom stereocenters. The van der Waals surface area contributed by atoms with Crippen LogP contribution in [-0.2, 0) is 14.3 Å². The summed E-state index contributed by atoms with van der Waals surface area (Å²) in [4.78, 5) is 24.5. The number of fused-ring (bicyclic) bond motifs is 7. The molecule has 5 saturated carbocycles. The molecule has 0 saturated heterocycles. The first-order valence-electron chi connectivity index (χ1n) is 16.1. The van der Waals surface area contributed by atoms with E-state index in [1.54, 1.807) is 13.8 Å². The molecule has 220 valence electrons. The number of carboxylic acids is 1. The van der Waals surface area contributed by atoms with Crippen molar-refractivity contribution in [1.82, 2.24) is 0 Å². The molecule has 5 aliphatic rings. The van der Waals surface area contributed by atoms with E-state index in [1.807, 2.05) is 0 Å². The fraction of sp³-hybridized carbons (Fsp3) is 0.886. The average molecular weight is 541 g/mol. The summed E-state index contributed by atoms with van der Waals surface area (Å²) in [7, 11) is 0. The van der Waals surface area contributed by atoms with Gasteiger partial charge in [0, 0.05) is 5.41 Å². The van der Waals surface area contributed by atoms with Gasteiger partial charge in [-0.05, 0) is 137 Å². The van der Waals surface area contributed by atoms with Crippen LogP contribution in [0.15, 0.2) is 12.2 Å². The van der Waals surface area contributed by atoms with Gasteiger partial charge in [-0.25, -0.2) is 0 Å². The van der Waals surface area contributed by atoms with Gasteiger partial charge in [0.05, 0.1) is 11.8 Å². The minimum absolute atomic E-state index is 0.0787. The highest BCUT2D eigenvalue weighted by Gasteiger charge is 2.69. The van der Waals surface area contributed by atoms with Gasteiger partial charge in [-0.3, -0.25) is 9.59 Å². The van der Waals surface area contributed by atoms with Gasteiger partial charge in [0.25, 0.3) is 0 Å². The van der Waals surface area contributed by atoms with E-state index in [0.29, 0.717) is 22.7 Å². The molecular weight excluding hydrogens is 484 g/mol. The molecule has 5 rings (SSSR count).